The number of aromatic nitrogens is 1. The van der Waals surface area contributed by atoms with E-state index in [1.807, 2.05) is 0 Å². The van der Waals surface area contributed by atoms with E-state index >= 15 is 0 Å². The summed E-state index contributed by atoms with van der Waals surface area (Å²) < 4.78 is 4.43. The average Bonchev–Trinajstić information content (AvgIpc) is 2.96. The Kier molecular flexibility index (Phi) is 6.60. The van der Waals surface area contributed by atoms with E-state index in [-0.39, 0.29) is 18.9 Å². The molecule has 0 fully saturated rings. The summed E-state index contributed by atoms with van der Waals surface area (Å²) in [5, 5.41) is 16.4. The second kappa shape index (κ2) is 8.20. The van der Waals surface area contributed by atoms with E-state index in [1.54, 1.807) is 18.5 Å². The molecule has 116 valence electrons. The van der Waals surface area contributed by atoms with E-state index in [1.165, 1.54) is 18.4 Å². The van der Waals surface area contributed by atoms with Crippen LogP contribution >= 0.6 is 11.3 Å². The first kappa shape index (κ1) is 16.9. The van der Waals surface area contributed by atoms with Gasteiger partial charge in [0.25, 0.3) is 0 Å². The van der Waals surface area contributed by atoms with Crippen LogP contribution in [0.5, 0.6) is 0 Å². The van der Waals surface area contributed by atoms with Gasteiger partial charge in [-0.25, -0.2) is 14.6 Å². The minimum atomic E-state index is -1.21. The van der Waals surface area contributed by atoms with Crippen LogP contribution in [0.4, 0.5) is 4.79 Å². The van der Waals surface area contributed by atoms with Crippen molar-refractivity contribution in [1.82, 2.24) is 15.6 Å². The number of carbonyl (C=O) groups is 3. The smallest absolute Gasteiger partial charge is 0.326 e. The number of urea groups is 1. The third-order valence-corrected chi connectivity index (χ3v) is 3.60. The number of rotatable bonds is 7. The van der Waals surface area contributed by atoms with Crippen molar-refractivity contribution in [3.63, 3.8) is 0 Å². The third-order valence-electron chi connectivity index (χ3n) is 2.64. The summed E-state index contributed by atoms with van der Waals surface area (Å²) in [4.78, 5) is 37.9. The van der Waals surface area contributed by atoms with Gasteiger partial charge in [0.15, 0.2) is 0 Å². The van der Waals surface area contributed by atoms with Gasteiger partial charge >= 0.3 is 18.0 Å². The zero-order valence-electron chi connectivity index (χ0n) is 11.7. The van der Waals surface area contributed by atoms with Crippen LogP contribution in [0.2, 0.25) is 0 Å². The van der Waals surface area contributed by atoms with Crippen molar-refractivity contribution in [2.75, 3.05) is 7.11 Å². The molecule has 1 rings (SSSR count). The molecule has 1 aromatic rings. The topological polar surface area (TPSA) is 118 Å². The summed E-state index contributed by atoms with van der Waals surface area (Å²) in [5.41, 5.74) is 0. The number of nitrogens with zero attached hydrogens (tertiary/aromatic N) is 1. The molecule has 2 atom stereocenters. The van der Waals surface area contributed by atoms with E-state index in [0.717, 1.165) is 0 Å². The number of ether oxygens (including phenoxy) is 1. The molecule has 9 heteroatoms. The first-order valence-electron chi connectivity index (χ1n) is 6.20. The summed E-state index contributed by atoms with van der Waals surface area (Å²) in [6, 6.07) is -2.12. The van der Waals surface area contributed by atoms with Crippen molar-refractivity contribution >= 4 is 29.3 Å². The Balaban J connectivity index is 2.48. The van der Waals surface area contributed by atoms with Gasteiger partial charge < -0.3 is 20.5 Å². The van der Waals surface area contributed by atoms with Crippen molar-refractivity contribution < 1.29 is 24.2 Å². The molecule has 3 N–H and O–H groups in total. The molecule has 8 nitrogen and oxygen atoms in total. The van der Waals surface area contributed by atoms with Gasteiger partial charge in [0.2, 0.25) is 0 Å². The molecular weight excluding hydrogens is 298 g/mol. The van der Waals surface area contributed by atoms with Crippen molar-refractivity contribution in [2.45, 2.75) is 31.8 Å². The fraction of sp³-hybridized carbons (Fsp3) is 0.500. The second-order valence-corrected chi connectivity index (χ2v) is 5.14. The largest absolute Gasteiger partial charge is 0.480 e. The molecule has 0 saturated carbocycles. The quantitative estimate of drug-likeness (QED) is 0.644. The predicted molar refractivity (Wildman–Crippen MR) is 74.9 cm³/mol. The Morgan fingerprint density at radius 1 is 1.43 bits per heavy atom. The molecule has 1 aromatic heterocycles. The third kappa shape index (κ3) is 5.78. The molecule has 0 bridgehead atoms. The normalized spacial score (nSPS) is 13.0. The monoisotopic (exact) mass is 315 g/mol. The summed E-state index contributed by atoms with van der Waals surface area (Å²) in [7, 11) is 1.22. The summed E-state index contributed by atoms with van der Waals surface area (Å²) >= 11 is 1.38. The number of carboxylic acid groups (broad SMARTS) is 1. The number of hydrogen-bond donors (Lipinski definition) is 3. The van der Waals surface area contributed by atoms with Gasteiger partial charge in [-0.3, -0.25) is 4.79 Å². The number of aliphatic carboxylic acids is 1. The number of carboxylic acids is 1. The van der Waals surface area contributed by atoms with Gasteiger partial charge in [0, 0.05) is 18.0 Å². The maximum absolute atomic E-state index is 11.8. The number of esters is 1. The highest BCUT2D eigenvalue weighted by Crippen LogP contribution is 2.14. The summed E-state index contributed by atoms with van der Waals surface area (Å²) in [5.74, 6) is -1.74. The van der Waals surface area contributed by atoms with Gasteiger partial charge in [-0.1, -0.05) is 0 Å². The molecular formula is C12H17N3O5S. The highest BCUT2D eigenvalue weighted by molar-refractivity contribution is 7.09. The van der Waals surface area contributed by atoms with Crippen LogP contribution in [-0.2, 0) is 14.3 Å². The van der Waals surface area contributed by atoms with Crippen molar-refractivity contribution in [1.29, 1.82) is 0 Å². The van der Waals surface area contributed by atoms with Gasteiger partial charge in [-0.2, -0.15) is 0 Å². The molecule has 0 spiro atoms. The van der Waals surface area contributed by atoms with E-state index in [0.29, 0.717) is 5.01 Å². The SMILES string of the molecule is COC(=O)CC[C@@H](NC(=O)NC(C)c1nccs1)C(=O)O. The lowest BCUT2D eigenvalue weighted by atomic mass is 10.1. The fourth-order valence-corrected chi connectivity index (χ4v) is 2.17. The Bertz CT molecular complexity index is 491. The highest BCUT2D eigenvalue weighted by atomic mass is 32.1. The molecule has 0 aliphatic heterocycles. The van der Waals surface area contributed by atoms with Gasteiger partial charge in [0.1, 0.15) is 11.0 Å². The van der Waals surface area contributed by atoms with Crippen LogP contribution in [0.3, 0.4) is 0 Å². The van der Waals surface area contributed by atoms with Crippen LogP contribution in [0, 0.1) is 0 Å². The Morgan fingerprint density at radius 2 is 2.14 bits per heavy atom. The molecule has 0 aliphatic rings. The summed E-state index contributed by atoms with van der Waals surface area (Å²) in [6.45, 7) is 1.74. The maximum Gasteiger partial charge on any atom is 0.326 e. The van der Waals surface area contributed by atoms with Gasteiger partial charge in [0.05, 0.1) is 13.2 Å². The van der Waals surface area contributed by atoms with Crippen LogP contribution in [0.15, 0.2) is 11.6 Å². The minimum Gasteiger partial charge on any atom is -0.480 e. The number of thiazole rings is 1. The first-order valence-corrected chi connectivity index (χ1v) is 7.08. The average molecular weight is 315 g/mol. The molecule has 2 amide bonds. The van der Waals surface area contributed by atoms with Crippen LogP contribution in [0.1, 0.15) is 30.8 Å². The van der Waals surface area contributed by atoms with Crippen LogP contribution in [-0.4, -0.2) is 41.2 Å². The first-order chi connectivity index (χ1) is 9.93. The lowest BCUT2D eigenvalue weighted by Crippen LogP contribution is -2.46. The number of amides is 2. The second-order valence-electron chi connectivity index (χ2n) is 4.22. The van der Waals surface area contributed by atoms with Crippen molar-refractivity contribution in [3.05, 3.63) is 16.6 Å². The molecule has 0 aliphatic carbocycles. The van der Waals surface area contributed by atoms with E-state index < -0.39 is 24.0 Å². The van der Waals surface area contributed by atoms with Crippen LogP contribution in [0.25, 0.3) is 0 Å². The lowest BCUT2D eigenvalue weighted by molar-refractivity contribution is -0.142. The van der Waals surface area contributed by atoms with Crippen molar-refractivity contribution in [3.8, 4) is 0 Å². The number of hydrogen-bond acceptors (Lipinski definition) is 6. The number of carbonyl (C=O) groups excluding carboxylic acids is 2. The molecule has 1 heterocycles. The molecule has 1 unspecified atom stereocenters. The Hall–Kier alpha value is -2.16. The zero-order valence-corrected chi connectivity index (χ0v) is 12.5. The fourth-order valence-electron chi connectivity index (χ4n) is 1.53. The number of nitrogens with one attached hydrogen (secondary N) is 2. The van der Waals surface area contributed by atoms with Gasteiger partial charge in [-0.15, -0.1) is 11.3 Å². The summed E-state index contributed by atoms with van der Waals surface area (Å²) in [6.07, 6.45) is 1.49. The molecule has 0 radical (unpaired) electrons. The minimum absolute atomic E-state index is 0.0406. The number of methoxy groups -OCH3 is 1. The van der Waals surface area contributed by atoms with Gasteiger partial charge in [-0.05, 0) is 13.3 Å². The molecule has 0 aromatic carbocycles. The predicted octanol–water partition coefficient (Wildman–Crippen LogP) is 0.910. The Morgan fingerprint density at radius 3 is 2.67 bits per heavy atom. The van der Waals surface area contributed by atoms with E-state index in [9.17, 15) is 14.4 Å². The standard InChI is InChI=1S/C12H17N3O5S/c1-7(10-13-5-6-21-10)14-12(19)15-8(11(17)18)3-4-9(16)20-2/h5-8H,3-4H2,1-2H3,(H,17,18)(H2,14,15,19)/t7?,8-/m1/s1. The lowest BCUT2D eigenvalue weighted by Gasteiger charge is -2.17. The Labute approximate surface area is 125 Å². The molecule has 21 heavy (non-hydrogen) atoms. The van der Waals surface area contributed by atoms with Crippen LogP contribution < -0.4 is 10.6 Å². The molecule has 0 saturated heterocycles. The maximum atomic E-state index is 11.8. The van der Waals surface area contributed by atoms with E-state index in [2.05, 4.69) is 20.4 Å². The van der Waals surface area contributed by atoms with Crippen molar-refractivity contribution in [2.24, 2.45) is 0 Å². The zero-order chi connectivity index (χ0) is 15.8. The highest BCUT2D eigenvalue weighted by Gasteiger charge is 2.22. The van der Waals surface area contributed by atoms with E-state index in [4.69, 9.17) is 5.11 Å².